The average molecular weight is 450 g/mol. The van der Waals surface area contributed by atoms with Crippen LogP contribution in [0.4, 0.5) is 5.69 Å². The summed E-state index contributed by atoms with van der Waals surface area (Å²) in [5.74, 6) is 1.01. The predicted molar refractivity (Wildman–Crippen MR) is 122 cm³/mol. The van der Waals surface area contributed by atoms with Gasteiger partial charge in [0.1, 0.15) is 11.5 Å². The van der Waals surface area contributed by atoms with Gasteiger partial charge in [0.15, 0.2) is 18.4 Å². The number of oxazole rings is 1. The first kappa shape index (κ1) is 23.8. The first-order chi connectivity index (χ1) is 15.8. The Hall–Kier alpha value is -3.87. The Kier molecular flexibility index (Phi) is 7.66. The van der Waals surface area contributed by atoms with Gasteiger partial charge in [0.05, 0.1) is 37.1 Å². The maximum atomic E-state index is 12.5. The number of anilines is 1. The van der Waals surface area contributed by atoms with E-state index in [1.54, 1.807) is 48.7 Å². The highest BCUT2D eigenvalue weighted by atomic mass is 16.5. The molecule has 0 spiro atoms. The Morgan fingerprint density at radius 2 is 2.12 bits per heavy atom. The highest BCUT2D eigenvalue weighted by molar-refractivity contribution is 5.94. The molecule has 0 fully saturated rings. The summed E-state index contributed by atoms with van der Waals surface area (Å²) in [6.07, 6.45) is 1.95. The maximum absolute atomic E-state index is 12.5. The summed E-state index contributed by atoms with van der Waals surface area (Å²) in [6, 6.07) is 14.0. The summed E-state index contributed by atoms with van der Waals surface area (Å²) in [6.45, 7) is 4.05. The number of nitrogens with one attached hydrogen (secondary N) is 2. The molecule has 3 aromatic rings. The first-order valence-corrected chi connectivity index (χ1v) is 10.3. The monoisotopic (exact) mass is 450 g/mol. The number of carbonyl (C=O) groups is 1. The molecule has 0 radical (unpaired) electrons. The van der Waals surface area contributed by atoms with Crippen LogP contribution in [0.5, 0.6) is 11.5 Å². The second-order valence-electron chi connectivity index (χ2n) is 7.94. The highest BCUT2D eigenvalue weighted by Gasteiger charge is 2.25. The van der Waals surface area contributed by atoms with Gasteiger partial charge in [0, 0.05) is 17.3 Å². The number of nitrogens with zero attached hydrogens (tertiary/aromatic N) is 2. The number of benzene rings is 2. The minimum atomic E-state index is -1.44. The van der Waals surface area contributed by atoms with Crippen LogP contribution in [-0.2, 0) is 4.79 Å². The third kappa shape index (κ3) is 6.55. The van der Waals surface area contributed by atoms with E-state index in [9.17, 15) is 9.90 Å². The molecule has 1 atom stereocenters. The fourth-order valence-corrected chi connectivity index (χ4v) is 3.12. The van der Waals surface area contributed by atoms with E-state index in [1.807, 2.05) is 13.8 Å². The van der Waals surface area contributed by atoms with E-state index < -0.39 is 17.7 Å². The van der Waals surface area contributed by atoms with Crippen LogP contribution in [0, 0.1) is 11.3 Å². The molecular formula is C24H26N4O5. The minimum absolute atomic E-state index is 0.337. The molecule has 33 heavy (non-hydrogen) atoms. The molecule has 0 aliphatic heterocycles. The molecule has 9 heteroatoms. The van der Waals surface area contributed by atoms with Crippen molar-refractivity contribution in [2.45, 2.75) is 32.0 Å². The number of rotatable bonds is 10. The molecular weight excluding hydrogens is 424 g/mol. The van der Waals surface area contributed by atoms with Crippen molar-refractivity contribution >= 4 is 11.6 Å². The Morgan fingerprint density at radius 3 is 2.82 bits per heavy atom. The number of hydrogen-bond acceptors (Lipinski definition) is 8. The molecule has 0 bridgehead atoms. The van der Waals surface area contributed by atoms with Crippen LogP contribution in [0.25, 0.3) is 11.3 Å². The Balaban J connectivity index is 1.54. The molecule has 1 aromatic heterocycles. The Bertz CT molecular complexity index is 1120. The second-order valence-corrected chi connectivity index (χ2v) is 7.94. The summed E-state index contributed by atoms with van der Waals surface area (Å²) >= 11 is 0. The molecule has 2 aromatic carbocycles. The zero-order valence-electron chi connectivity index (χ0n) is 18.7. The van der Waals surface area contributed by atoms with Gasteiger partial charge < -0.3 is 24.3 Å². The van der Waals surface area contributed by atoms with Crippen LogP contribution in [-0.4, -0.2) is 41.5 Å². The molecule has 3 N–H and O–H groups in total. The molecule has 1 heterocycles. The van der Waals surface area contributed by atoms with Gasteiger partial charge in [-0.1, -0.05) is 6.07 Å². The molecule has 0 saturated heterocycles. The van der Waals surface area contributed by atoms with Crippen LogP contribution in [0.15, 0.2) is 59.5 Å². The summed E-state index contributed by atoms with van der Waals surface area (Å²) in [7, 11) is 1.51. The lowest BCUT2D eigenvalue weighted by atomic mass is 10.0. The van der Waals surface area contributed by atoms with Crippen molar-refractivity contribution < 1.29 is 23.8 Å². The lowest BCUT2D eigenvalue weighted by molar-refractivity contribution is -0.126. The average Bonchev–Trinajstić information content (AvgIpc) is 3.33. The molecule has 0 aliphatic carbocycles. The third-order valence-corrected chi connectivity index (χ3v) is 4.90. The Labute approximate surface area is 192 Å². The van der Waals surface area contributed by atoms with Gasteiger partial charge in [-0.05, 0) is 50.6 Å². The number of aromatic nitrogens is 1. The highest BCUT2D eigenvalue weighted by Crippen LogP contribution is 2.32. The van der Waals surface area contributed by atoms with Gasteiger partial charge in [0.25, 0.3) is 5.91 Å². The Morgan fingerprint density at radius 1 is 1.30 bits per heavy atom. The van der Waals surface area contributed by atoms with Crippen molar-refractivity contribution in [1.82, 2.24) is 10.3 Å². The number of methoxy groups -OCH3 is 1. The van der Waals surface area contributed by atoms with Gasteiger partial charge >= 0.3 is 0 Å². The first-order valence-electron chi connectivity index (χ1n) is 10.3. The molecule has 0 aliphatic rings. The van der Waals surface area contributed by atoms with Crippen LogP contribution >= 0.6 is 0 Å². The number of aliphatic hydroxyl groups excluding tert-OH is 1. The van der Waals surface area contributed by atoms with Crippen molar-refractivity contribution in [2.75, 3.05) is 19.0 Å². The fraction of sp³-hybridized carbons (Fsp3) is 0.292. The number of ether oxygens (including phenoxy) is 2. The SMILES string of the molecule is COc1cc(NC(=O)C(O)NC(C)(C)CCOc2cccc(C#N)c2)ccc1-c1cnco1. The molecule has 1 amide bonds. The number of nitriles is 1. The normalized spacial score (nSPS) is 12.0. The number of hydrogen-bond donors (Lipinski definition) is 3. The zero-order chi connectivity index (χ0) is 23.8. The quantitative estimate of drug-likeness (QED) is 0.401. The summed E-state index contributed by atoms with van der Waals surface area (Å²) in [4.78, 5) is 16.4. The van der Waals surface area contributed by atoms with Crippen molar-refractivity contribution in [1.29, 1.82) is 5.26 Å². The van der Waals surface area contributed by atoms with Crippen LogP contribution < -0.4 is 20.1 Å². The van der Waals surface area contributed by atoms with E-state index >= 15 is 0 Å². The number of amides is 1. The molecule has 3 rings (SSSR count). The molecule has 9 nitrogen and oxygen atoms in total. The van der Waals surface area contributed by atoms with E-state index in [4.69, 9.17) is 19.2 Å². The molecule has 1 unspecified atom stereocenters. The van der Waals surface area contributed by atoms with Crippen LogP contribution in [0.2, 0.25) is 0 Å². The lowest BCUT2D eigenvalue weighted by Gasteiger charge is -2.29. The van der Waals surface area contributed by atoms with E-state index in [1.165, 1.54) is 13.5 Å². The second kappa shape index (κ2) is 10.6. The van der Waals surface area contributed by atoms with Gasteiger partial charge in [-0.25, -0.2) is 4.98 Å². The van der Waals surface area contributed by atoms with Crippen molar-refractivity contribution in [3.8, 4) is 28.9 Å². The van der Waals surface area contributed by atoms with Gasteiger partial charge in [-0.3, -0.25) is 10.1 Å². The fourth-order valence-electron chi connectivity index (χ4n) is 3.12. The van der Waals surface area contributed by atoms with E-state index in [-0.39, 0.29) is 0 Å². The summed E-state index contributed by atoms with van der Waals surface area (Å²) in [5, 5.41) is 24.9. The minimum Gasteiger partial charge on any atom is -0.496 e. The number of aliphatic hydroxyl groups is 1. The molecule has 172 valence electrons. The van der Waals surface area contributed by atoms with Gasteiger partial charge in [-0.2, -0.15) is 5.26 Å². The third-order valence-electron chi connectivity index (χ3n) is 4.90. The van der Waals surface area contributed by atoms with Crippen LogP contribution in [0.1, 0.15) is 25.8 Å². The van der Waals surface area contributed by atoms with Crippen molar-refractivity contribution in [2.24, 2.45) is 0 Å². The van der Waals surface area contributed by atoms with E-state index in [2.05, 4.69) is 21.7 Å². The van der Waals surface area contributed by atoms with E-state index in [0.29, 0.717) is 47.1 Å². The standard InChI is InChI=1S/C24H26N4O5/c1-24(2,9-10-32-18-6-4-5-16(11-18)13-25)28-23(30)22(29)27-17-7-8-19(20(12-17)31-3)21-14-26-15-33-21/h4-8,11-12,14-15,23,28,30H,9-10H2,1-3H3,(H,27,29). The smallest absolute Gasteiger partial charge is 0.268 e. The summed E-state index contributed by atoms with van der Waals surface area (Å²) < 4.78 is 16.4. The lowest BCUT2D eigenvalue weighted by Crippen LogP contribution is -2.51. The van der Waals surface area contributed by atoms with Crippen molar-refractivity contribution in [3.05, 3.63) is 60.6 Å². The molecule has 0 saturated carbocycles. The summed E-state index contributed by atoms with van der Waals surface area (Å²) in [5.41, 5.74) is 1.06. The van der Waals surface area contributed by atoms with Gasteiger partial charge in [-0.15, -0.1) is 0 Å². The number of carbonyl (C=O) groups excluding carboxylic acids is 1. The topological polar surface area (TPSA) is 130 Å². The largest absolute Gasteiger partial charge is 0.496 e. The maximum Gasteiger partial charge on any atom is 0.268 e. The van der Waals surface area contributed by atoms with Gasteiger partial charge in [0.2, 0.25) is 0 Å². The predicted octanol–water partition coefficient (Wildman–Crippen LogP) is 3.32. The zero-order valence-corrected chi connectivity index (χ0v) is 18.7. The van der Waals surface area contributed by atoms with Crippen molar-refractivity contribution in [3.63, 3.8) is 0 Å². The van der Waals surface area contributed by atoms with E-state index in [0.717, 1.165) is 0 Å². The van der Waals surface area contributed by atoms with Crippen LogP contribution in [0.3, 0.4) is 0 Å².